The second-order valence-corrected chi connectivity index (χ2v) is 11.1. The highest BCUT2D eigenvalue weighted by Gasteiger charge is 2.52. The molecule has 4 amide bonds. The highest BCUT2D eigenvalue weighted by Crippen LogP contribution is 2.35. The van der Waals surface area contributed by atoms with Gasteiger partial charge in [0.1, 0.15) is 11.3 Å². The third-order valence-electron chi connectivity index (χ3n) is 7.08. The van der Waals surface area contributed by atoms with Crippen LogP contribution in [0.2, 0.25) is 0 Å². The molecule has 1 spiro atoms. The van der Waals surface area contributed by atoms with E-state index in [9.17, 15) is 22.8 Å². The Bertz CT molecular complexity index is 1030. The molecule has 0 atom stereocenters. The minimum absolute atomic E-state index is 0.119. The predicted molar refractivity (Wildman–Crippen MR) is 124 cm³/mol. The molecular weight excluding hydrogens is 460 g/mol. The van der Waals surface area contributed by atoms with Crippen molar-refractivity contribution in [2.24, 2.45) is 5.92 Å². The van der Waals surface area contributed by atoms with Gasteiger partial charge < -0.3 is 15.4 Å². The lowest BCUT2D eigenvalue weighted by molar-refractivity contribution is -0.131. The summed E-state index contributed by atoms with van der Waals surface area (Å²) in [6.45, 7) is 1.17. The van der Waals surface area contributed by atoms with Crippen LogP contribution in [0.4, 0.5) is 4.79 Å². The molecule has 11 heteroatoms. The van der Waals surface area contributed by atoms with Crippen LogP contribution in [-0.2, 0) is 19.6 Å². The average Bonchev–Trinajstić information content (AvgIpc) is 3.41. The first-order valence-corrected chi connectivity index (χ1v) is 13.3. The number of ether oxygens (including phenoxy) is 1. The van der Waals surface area contributed by atoms with Crippen molar-refractivity contribution in [2.45, 2.75) is 55.4 Å². The van der Waals surface area contributed by atoms with E-state index in [1.165, 1.54) is 28.4 Å². The summed E-state index contributed by atoms with van der Waals surface area (Å²) in [6.07, 6.45) is 4.63. The second kappa shape index (κ2) is 9.91. The Hall–Kier alpha value is -2.66. The monoisotopic (exact) mass is 492 g/mol. The van der Waals surface area contributed by atoms with Crippen LogP contribution in [0.5, 0.6) is 5.75 Å². The standard InChI is InChI=1S/C23H32N4O6S/c1-33-18-5-7-19(8-6-18)34(31,32)26-15-9-17(10-16-26)20(28)24-13-4-14-27-21(29)23(25-22(27)30)11-2-3-12-23/h5-8,17H,2-4,9-16H2,1H3,(H,24,28)(H,25,30). The summed E-state index contributed by atoms with van der Waals surface area (Å²) in [7, 11) is -2.09. The van der Waals surface area contributed by atoms with Gasteiger partial charge in [-0.15, -0.1) is 0 Å². The molecule has 10 nitrogen and oxygen atoms in total. The molecule has 186 valence electrons. The van der Waals surface area contributed by atoms with Crippen LogP contribution in [-0.4, -0.2) is 74.3 Å². The van der Waals surface area contributed by atoms with Crippen molar-refractivity contribution in [2.75, 3.05) is 33.3 Å². The molecule has 0 aromatic heterocycles. The largest absolute Gasteiger partial charge is 0.497 e. The average molecular weight is 493 g/mol. The number of sulfonamides is 1. The van der Waals surface area contributed by atoms with Crippen LogP contribution in [0.3, 0.4) is 0 Å². The highest BCUT2D eigenvalue weighted by atomic mass is 32.2. The molecule has 2 N–H and O–H groups in total. The Morgan fingerprint density at radius 1 is 1.15 bits per heavy atom. The van der Waals surface area contributed by atoms with Crippen LogP contribution < -0.4 is 15.4 Å². The molecular formula is C23H32N4O6S. The van der Waals surface area contributed by atoms with E-state index < -0.39 is 15.6 Å². The van der Waals surface area contributed by atoms with Crippen molar-refractivity contribution in [1.82, 2.24) is 19.8 Å². The summed E-state index contributed by atoms with van der Waals surface area (Å²) in [5.41, 5.74) is -0.708. The minimum Gasteiger partial charge on any atom is -0.497 e. The molecule has 1 saturated carbocycles. The minimum atomic E-state index is -3.62. The lowest BCUT2D eigenvalue weighted by Gasteiger charge is -2.30. The van der Waals surface area contributed by atoms with E-state index in [4.69, 9.17) is 4.74 Å². The third-order valence-corrected chi connectivity index (χ3v) is 9.00. The fourth-order valence-corrected chi connectivity index (χ4v) is 6.51. The number of methoxy groups -OCH3 is 1. The van der Waals surface area contributed by atoms with Crippen molar-refractivity contribution in [3.63, 3.8) is 0 Å². The molecule has 1 aromatic rings. The quantitative estimate of drug-likeness (QED) is 0.418. The molecule has 3 fully saturated rings. The summed E-state index contributed by atoms with van der Waals surface area (Å²) in [6, 6.07) is 5.92. The van der Waals surface area contributed by atoms with Gasteiger partial charge in [-0.3, -0.25) is 14.5 Å². The number of benzene rings is 1. The number of carbonyl (C=O) groups is 3. The highest BCUT2D eigenvalue weighted by molar-refractivity contribution is 7.89. The molecule has 2 aliphatic heterocycles. The van der Waals surface area contributed by atoms with E-state index in [2.05, 4.69) is 10.6 Å². The van der Waals surface area contributed by atoms with Gasteiger partial charge in [0.25, 0.3) is 5.91 Å². The molecule has 3 aliphatic rings. The molecule has 4 rings (SSSR count). The SMILES string of the molecule is COc1ccc(S(=O)(=O)N2CCC(C(=O)NCCCN3C(=O)NC4(CCCC4)C3=O)CC2)cc1. The van der Waals surface area contributed by atoms with Crippen molar-refractivity contribution in [3.05, 3.63) is 24.3 Å². The van der Waals surface area contributed by atoms with Gasteiger partial charge in [-0.25, -0.2) is 13.2 Å². The molecule has 0 radical (unpaired) electrons. The molecule has 0 bridgehead atoms. The van der Waals surface area contributed by atoms with Crippen LogP contribution in [0, 0.1) is 5.92 Å². The van der Waals surface area contributed by atoms with E-state index in [0.29, 0.717) is 44.4 Å². The second-order valence-electron chi connectivity index (χ2n) is 9.17. The number of carbonyl (C=O) groups excluding carboxylic acids is 3. The predicted octanol–water partition coefficient (Wildman–Crippen LogP) is 1.47. The van der Waals surface area contributed by atoms with Gasteiger partial charge in [0.05, 0.1) is 12.0 Å². The number of hydrogen-bond acceptors (Lipinski definition) is 6. The van der Waals surface area contributed by atoms with E-state index in [1.54, 1.807) is 12.1 Å². The number of amides is 4. The van der Waals surface area contributed by atoms with Crippen molar-refractivity contribution in [3.8, 4) is 5.75 Å². The number of piperidine rings is 1. The Kier molecular flexibility index (Phi) is 7.13. The van der Waals surface area contributed by atoms with E-state index in [1.807, 2.05) is 0 Å². The van der Waals surface area contributed by atoms with Gasteiger partial charge in [0, 0.05) is 32.1 Å². The van der Waals surface area contributed by atoms with Crippen LogP contribution in [0.15, 0.2) is 29.2 Å². The first kappa shape index (κ1) is 24.5. The van der Waals surface area contributed by atoms with E-state index >= 15 is 0 Å². The smallest absolute Gasteiger partial charge is 0.325 e. The Morgan fingerprint density at radius 2 is 1.79 bits per heavy atom. The zero-order chi connectivity index (χ0) is 24.3. The summed E-state index contributed by atoms with van der Waals surface area (Å²) < 4.78 is 32.2. The summed E-state index contributed by atoms with van der Waals surface area (Å²) in [4.78, 5) is 38.9. The van der Waals surface area contributed by atoms with Crippen LogP contribution in [0.25, 0.3) is 0 Å². The first-order valence-electron chi connectivity index (χ1n) is 11.8. The van der Waals surface area contributed by atoms with Crippen molar-refractivity contribution >= 4 is 27.9 Å². The van der Waals surface area contributed by atoms with Gasteiger partial charge in [-0.2, -0.15) is 4.31 Å². The zero-order valence-corrected chi connectivity index (χ0v) is 20.2. The zero-order valence-electron chi connectivity index (χ0n) is 19.4. The summed E-state index contributed by atoms with van der Waals surface area (Å²) in [5, 5.41) is 5.73. The number of hydrogen-bond donors (Lipinski definition) is 2. The lowest BCUT2D eigenvalue weighted by atomic mass is 9.97. The first-order chi connectivity index (χ1) is 16.3. The molecule has 0 unspecified atom stereocenters. The maximum atomic E-state index is 12.9. The molecule has 1 aliphatic carbocycles. The molecule has 2 saturated heterocycles. The van der Waals surface area contributed by atoms with E-state index in [-0.39, 0.29) is 48.3 Å². The molecule has 34 heavy (non-hydrogen) atoms. The number of nitrogens with zero attached hydrogens (tertiary/aromatic N) is 2. The van der Waals surface area contributed by atoms with Crippen molar-refractivity contribution in [1.29, 1.82) is 0 Å². The van der Waals surface area contributed by atoms with Gasteiger partial charge in [0.2, 0.25) is 15.9 Å². The number of rotatable bonds is 8. The normalized spacial score (nSPS) is 21.1. The van der Waals surface area contributed by atoms with Gasteiger partial charge in [-0.05, 0) is 56.4 Å². The maximum Gasteiger partial charge on any atom is 0.325 e. The van der Waals surface area contributed by atoms with Crippen molar-refractivity contribution < 1.29 is 27.5 Å². The molecule has 1 aromatic carbocycles. The fourth-order valence-electron chi connectivity index (χ4n) is 5.04. The Labute approximate surface area is 200 Å². The van der Waals surface area contributed by atoms with Gasteiger partial charge in [0.15, 0.2) is 0 Å². The van der Waals surface area contributed by atoms with Crippen LogP contribution in [0.1, 0.15) is 44.9 Å². The fraction of sp³-hybridized carbons (Fsp3) is 0.609. The Balaban J connectivity index is 1.20. The maximum absolute atomic E-state index is 12.9. The lowest BCUT2D eigenvalue weighted by Crippen LogP contribution is -2.44. The Morgan fingerprint density at radius 3 is 2.41 bits per heavy atom. The third kappa shape index (κ3) is 4.76. The van der Waals surface area contributed by atoms with E-state index in [0.717, 1.165) is 12.8 Å². The summed E-state index contributed by atoms with van der Waals surface area (Å²) in [5.74, 6) is 0.0561. The summed E-state index contributed by atoms with van der Waals surface area (Å²) >= 11 is 0. The number of imide groups is 1. The van der Waals surface area contributed by atoms with Gasteiger partial charge in [-0.1, -0.05) is 12.8 Å². The number of urea groups is 1. The number of nitrogens with one attached hydrogen (secondary N) is 2. The van der Waals surface area contributed by atoms with Crippen LogP contribution >= 0.6 is 0 Å². The molecule has 2 heterocycles. The topological polar surface area (TPSA) is 125 Å². The van der Waals surface area contributed by atoms with Gasteiger partial charge >= 0.3 is 6.03 Å².